The summed E-state index contributed by atoms with van der Waals surface area (Å²) in [5, 5.41) is 18.2. The predicted octanol–water partition coefficient (Wildman–Crippen LogP) is 1.98. The van der Waals surface area contributed by atoms with E-state index in [2.05, 4.69) is 0 Å². The van der Waals surface area contributed by atoms with E-state index in [1.54, 1.807) is 12.1 Å². The molecule has 4 nitrogen and oxygen atoms in total. The molecule has 0 bridgehead atoms. The van der Waals surface area contributed by atoms with Crippen LogP contribution in [0.15, 0.2) is 23.1 Å². The van der Waals surface area contributed by atoms with Crippen LogP contribution in [0.25, 0.3) is 0 Å². The summed E-state index contributed by atoms with van der Waals surface area (Å²) in [7, 11) is 0. The van der Waals surface area contributed by atoms with Crippen molar-refractivity contribution < 1.29 is 15.0 Å². The van der Waals surface area contributed by atoms with Crippen LogP contribution in [-0.4, -0.2) is 22.4 Å². The Balaban J connectivity index is 2.85. The topological polar surface area (TPSA) is 83.5 Å². The minimum Gasteiger partial charge on any atom is -0.507 e. The van der Waals surface area contributed by atoms with E-state index in [-0.39, 0.29) is 18.2 Å². The molecule has 16 heavy (non-hydrogen) atoms. The van der Waals surface area contributed by atoms with E-state index in [4.69, 9.17) is 10.8 Å². The average Bonchev–Trinajstić information content (AvgIpc) is 2.25. The van der Waals surface area contributed by atoms with Crippen molar-refractivity contribution in [3.63, 3.8) is 0 Å². The van der Waals surface area contributed by atoms with Crippen molar-refractivity contribution in [1.82, 2.24) is 0 Å². The number of hydrogen-bond acceptors (Lipinski definition) is 4. The molecule has 0 spiro atoms. The summed E-state index contributed by atoms with van der Waals surface area (Å²) in [5.74, 6) is -0.669. The van der Waals surface area contributed by atoms with Gasteiger partial charge in [0.2, 0.25) is 0 Å². The molecule has 0 aromatic heterocycles. The fraction of sp³-hybridized carbons (Fsp3) is 0.364. The molecule has 5 heteroatoms. The van der Waals surface area contributed by atoms with Gasteiger partial charge in [-0.2, -0.15) is 0 Å². The zero-order chi connectivity index (χ0) is 12.1. The van der Waals surface area contributed by atoms with Gasteiger partial charge >= 0.3 is 5.97 Å². The number of phenolic OH excluding ortho intramolecular Hbond substituents is 1. The Morgan fingerprint density at radius 1 is 1.56 bits per heavy atom. The predicted molar refractivity (Wildman–Crippen MR) is 63.7 cm³/mol. The fourth-order valence-electron chi connectivity index (χ4n) is 1.49. The summed E-state index contributed by atoms with van der Waals surface area (Å²) in [4.78, 5) is 11.2. The molecule has 0 saturated carbocycles. The van der Waals surface area contributed by atoms with E-state index < -0.39 is 5.97 Å². The van der Waals surface area contributed by atoms with Gasteiger partial charge in [-0.15, -0.1) is 11.8 Å². The molecule has 1 rings (SSSR count). The minimum atomic E-state index is -0.860. The second-order valence-electron chi connectivity index (χ2n) is 3.44. The van der Waals surface area contributed by atoms with Crippen LogP contribution in [0.1, 0.15) is 24.4 Å². The lowest BCUT2D eigenvalue weighted by Gasteiger charge is -2.15. The lowest BCUT2D eigenvalue weighted by molar-refractivity contribution is -0.137. The second-order valence-corrected chi connectivity index (χ2v) is 4.26. The number of phenols is 1. The summed E-state index contributed by atoms with van der Waals surface area (Å²) >= 11 is 1.41. The number of aromatic hydroxyl groups is 1. The standard InChI is InChI=1S/C11H15NO3S/c1-16-11-7(3-2-4-9(11)13)8(12)5-6-10(14)15/h2-4,8,13H,5-6,12H2,1H3,(H,14,15). The molecule has 4 N–H and O–H groups in total. The van der Waals surface area contributed by atoms with Crippen molar-refractivity contribution in [1.29, 1.82) is 0 Å². The maximum Gasteiger partial charge on any atom is 0.303 e. The third kappa shape index (κ3) is 3.15. The number of benzene rings is 1. The lowest BCUT2D eigenvalue weighted by atomic mass is 10.0. The number of rotatable bonds is 5. The molecule has 1 atom stereocenters. The summed E-state index contributed by atoms with van der Waals surface area (Å²) < 4.78 is 0. The first-order valence-corrected chi connectivity index (χ1v) is 6.12. The Morgan fingerprint density at radius 2 is 2.25 bits per heavy atom. The molecule has 1 aromatic carbocycles. The molecule has 0 amide bonds. The van der Waals surface area contributed by atoms with Crippen LogP contribution in [0.4, 0.5) is 0 Å². The summed E-state index contributed by atoms with van der Waals surface area (Å²) in [6, 6.07) is 4.77. The Bertz CT molecular complexity index is 381. The largest absolute Gasteiger partial charge is 0.507 e. The first-order chi connectivity index (χ1) is 7.56. The van der Waals surface area contributed by atoms with E-state index >= 15 is 0 Å². The molecule has 0 heterocycles. The molecule has 0 aliphatic rings. The highest BCUT2D eigenvalue weighted by atomic mass is 32.2. The molecule has 1 unspecified atom stereocenters. The monoisotopic (exact) mass is 241 g/mol. The van der Waals surface area contributed by atoms with Gasteiger partial charge in [0.25, 0.3) is 0 Å². The van der Waals surface area contributed by atoms with Crippen molar-refractivity contribution in [2.45, 2.75) is 23.8 Å². The van der Waals surface area contributed by atoms with Gasteiger partial charge in [0.15, 0.2) is 0 Å². The zero-order valence-corrected chi connectivity index (χ0v) is 9.83. The van der Waals surface area contributed by atoms with Gasteiger partial charge in [-0.05, 0) is 24.3 Å². The molecule has 0 fully saturated rings. The van der Waals surface area contributed by atoms with Crippen molar-refractivity contribution in [3.05, 3.63) is 23.8 Å². The molecule has 0 aliphatic heterocycles. The molecular formula is C11H15NO3S. The van der Waals surface area contributed by atoms with E-state index in [0.29, 0.717) is 6.42 Å². The quantitative estimate of drug-likeness (QED) is 0.686. The van der Waals surface area contributed by atoms with Crippen LogP contribution in [0.5, 0.6) is 5.75 Å². The number of carbonyl (C=O) groups is 1. The molecule has 1 aromatic rings. The van der Waals surface area contributed by atoms with Crippen LogP contribution in [0.2, 0.25) is 0 Å². The van der Waals surface area contributed by atoms with Gasteiger partial charge < -0.3 is 15.9 Å². The van der Waals surface area contributed by atoms with E-state index in [1.807, 2.05) is 12.3 Å². The SMILES string of the molecule is CSc1c(O)cccc1C(N)CCC(=O)O. The summed E-state index contributed by atoms with van der Waals surface area (Å²) in [5.41, 5.74) is 6.70. The summed E-state index contributed by atoms with van der Waals surface area (Å²) in [6.45, 7) is 0. The lowest BCUT2D eigenvalue weighted by Crippen LogP contribution is -2.13. The number of hydrogen-bond donors (Lipinski definition) is 3. The maximum atomic E-state index is 10.4. The van der Waals surface area contributed by atoms with Gasteiger partial charge in [-0.25, -0.2) is 0 Å². The molecule has 0 aliphatic carbocycles. The Morgan fingerprint density at radius 3 is 2.81 bits per heavy atom. The minimum absolute atomic E-state index is 0.0324. The molecule has 0 saturated heterocycles. The second kappa shape index (κ2) is 5.77. The van der Waals surface area contributed by atoms with Crippen molar-refractivity contribution in [2.24, 2.45) is 5.73 Å². The van der Waals surface area contributed by atoms with Gasteiger partial charge in [-0.1, -0.05) is 12.1 Å². The van der Waals surface area contributed by atoms with E-state index in [0.717, 1.165) is 10.5 Å². The Hall–Kier alpha value is -1.20. The third-order valence-corrected chi connectivity index (χ3v) is 3.15. The average molecular weight is 241 g/mol. The third-order valence-electron chi connectivity index (χ3n) is 2.30. The number of nitrogens with two attached hydrogens (primary N) is 1. The van der Waals surface area contributed by atoms with Gasteiger partial charge in [-0.3, -0.25) is 4.79 Å². The smallest absolute Gasteiger partial charge is 0.303 e. The fourth-order valence-corrected chi connectivity index (χ4v) is 2.22. The van der Waals surface area contributed by atoms with Crippen LogP contribution in [0.3, 0.4) is 0 Å². The van der Waals surface area contributed by atoms with Crippen molar-refractivity contribution in [3.8, 4) is 5.75 Å². The van der Waals surface area contributed by atoms with Crippen LogP contribution in [0, 0.1) is 0 Å². The van der Waals surface area contributed by atoms with Gasteiger partial charge in [0.05, 0.1) is 4.90 Å². The molecular weight excluding hydrogens is 226 g/mol. The Kier molecular flexibility index (Phi) is 4.64. The number of carboxylic acids is 1. The molecule has 0 radical (unpaired) electrons. The van der Waals surface area contributed by atoms with Crippen LogP contribution < -0.4 is 5.73 Å². The highest BCUT2D eigenvalue weighted by molar-refractivity contribution is 7.98. The van der Waals surface area contributed by atoms with E-state index in [1.165, 1.54) is 11.8 Å². The van der Waals surface area contributed by atoms with Crippen LogP contribution >= 0.6 is 11.8 Å². The maximum absolute atomic E-state index is 10.4. The first kappa shape index (κ1) is 12.9. The van der Waals surface area contributed by atoms with E-state index in [9.17, 15) is 9.90 Å². The zero-order valence-electron chi connectivity index (χ0n) is 9.01. The number of thioether (sulfide) groups is 1. The van der Waals surface area contributed by atoms with Crippen LogP contribution in [-0.2, 0) is 4.79 Å². The van der Waals surface area contributed by atoms with Crippen molar-refractivity contribution in [2.75, 3.05) is 6.26 Å². The molecule has 88 valence electrons. The Labute approximate surface area is 98.5 Å². The summed E-state index contributed by atoms with van der Waals surface area (Å²) in [6.07, 6.45) is 2.25. The first-order valence-electron chi connectivity index (χ1n) is 4.89. The van der Waals surface area contributed by atoms with Gasteiger partial charge in [0, 0.05) is 12.5 Å². The van der Waals surface area contributed by atoms with Gasteiger partial charge in [0.1, 0.15) is 5.75 Å². The number of aliphatic carboxylic acids is 1. The highest BCUT2D eigenvalue weighted by Gasteiger charge is 2.14. The highest BCUT2D eigenvalue weighted by Crippen LogP contribution is 2.34. The normalized spacial score (nSPS) is 12.4. The number of carboxylic acid groups (broad SMARTS) is 1. The van der Waals surface area contributed by atoms with Crippen molar-refractivity contribution >= 4 is 17.7 Å².